The Labute approximate surface area is 131 Å². The van der Waals surface area contributed by atoms with Gasteiger partial charge in [0.15, 0.2) is 0 Å². The molecule has 126 valence electrons. The molecule has 1 aliphatic carbocycles. The van der Waals surface area contributed by atoms with E-state index in [1.54, 1.807) is 0 Å². The fourth-order valence-corrected chi connectivity index (χ4v) is 4.25. The molecule has 0 bridgehead atoms. The van der Waals surface area contributed by atoms with Gasteiger partial charge in [-0.3, -0.25) is 9.05 Å². The van der Waals surface area contributed by atoms with Crippen molar-refractivity contribution in [2.75, 3.05) is 13.2 Å². The highest BCUT2D eigenvalue weighted by Gasteiger charge is 2.28. The van der Waals surface area contributed by atoms with Gasteiger partial charge in [-0.15, -0.1) is 0 Å². The van der Waals surface area contributed by atoms with Crippen molar-refractivity contribution in [3.05, 3.63) is 0 Å². The lowest BCUT2D eigenvalue weighted by Crippen LogP contribution is -2.29. The van der Waals surface area contributed by atoms with Crippen molar-refractivity contribution in [3.63, 3.8) is 0 Å². The highest BCUT2D eigenvalue weighted by molar-refractivity contribution is 7.51. The van der Waals surface area contributed by atoms with Gasteiger partial charge in [-0.25, -0.2) is 9.65 Å². The number of nitrogens with one attached hydrogen (secondary N) is 1. The Balaban J connectivity index is 2.49. The van der Waals surface area contributed by atoms with Gasteiger partial charge in [0.2, 0.25) is 0 Å². The highest BCUT2D eigenvalue weighted by Crippen LogP contribution is 2.45. The molecule has 0 aromatic carbocycles. The van der Waals surface area contributed by atoms with Crippen molar-refractivity contribution in [1.29, 1.82) is 0 Å². The molecule has 5 heteroatoms. The molecule has 1 N–H and O–H groups in total. The Morgan fingerprint density at radius 2 is 1.38 bits per heavy atom. The van der Waals surface area contributed by atoms with Crippen LogP contribution in [0.4, 0.5) is 0 Å². The number of rotatable bonds is 10. The Morgan fingerprint density at radius 3 is 1.86 bits per heavy atom. The van der Waals surface area contributed by atoms with Gasteiger partial charge < -0.3 is 0 Å². The van der Waals surface area contributed by atoms with Crippen LogP contribution in [0.3, 0.4) is 0 Å². The minimum atomic E-state index is -3.13. The van der Waals surface area contributed by atoms with Gasteiger partial charge in [0, 0.05) is 6.04 Å². The van der Waals surface area contributed by atoms with Gasteiger partial charge in [-0.05, 0) is 25.7 Å². The van der Waals surface area contributed by atoms with E-state index in [-0.39, 0.29) is 6.04 Å². The summed E-state index contributed by atoms with van der Waals surface area (Å²) in [4.78, 5) is 0. The van der Waals surface area contributed by atoms with Crippen LogP contribution in [0.25, 0.3) is 0 Å². The molecule has 0 spiro atoms. The van der Waals surface area contributed by atoms with E-state index in [0.29, 0.717) is 13.2 Å². The first kappa shape index (κ1) is 19.2. The maximum absolute atomic E-state index is 12.9. The summed E-state index contributed by atoms with van der Waals surface area (Å²) in [5.74, 6) is 0. The molecule has 0 unspecified atom stereocenters. The molecular weight excluding hydrogens is 285 g/mol. The van der Waals surface area contributed by atoms with Gasteiger partial charge in [0.05, 0.1) is 13.2 Å². The Bertz CT molecular complexity index is 277. The molecule has 0 aromatic heterocycles. The van der Waals surface area contributed by atoms with Crippen molar-refractivity contribution in [2.45, 2.75) is 90.5 Å². The van der Waals surface area contributed by atoms with Gasteiger partial charge in [0.25, 0.3) is 0 Å². The van der Waals surface area contributed by atoms with Gasteiger partial charge in [-0.1, -0.05) is 58.8 Å². The minimum absolute atomic E-state index is 0.277. The summed E-state index contributed by atoms with van der Waals surface area (Å²) in [7, 11) is -3.13. The lowest BCUT2D eigenvalue weighted by Gasteiger charge is -2.26. The molecule has 0 aromatic rings. The maximum atomic E-state index is 12.9. The zero-order valence-corrected chi connectivity index (χ0v) is 14.8. The highest BCUT2D eigenvalue weighted by atomic mass is 31.2. The predicted octanol–water partition coefficient (Wildman–Crippen LogP) is 5.43. The molecule has 0 radical (unpaired) electrons. The van der Waals surface area contributed by atoms with Crippen LogP contribution in [0.1, 0.15) is 84.5 Å². The maximum Gasteiger partial charge on any atom is 0.405 e. The van der Waals surface area contributed by atoms with Crippen molar-refractivity contribution in [1.82, 2.24) is 5.09 Å². The van der Waals surface area contributed by atoms with E-state index in [2.05, 4.69) is 18.9 Å². The SMILES string of the molecule is CCCCOP(=O)(NC1CCCCCCC1)OCCCC. The zero-order chi connectivity index (χ0) is 15.4. The molecule has 0 heterocycles. The molecule has 1 fully saturated rings. The molecule has 0 aliphatic heterocycles. The zero-order valence-electron chi connectivity index (χ0n) is 13.9. The summed E-state index contributed by atoms with van der Waals surface area (Å²) < 4.78 is 24.1. The van der Waals surface area contributed by atoms with Crippen LogP contribution in [-0.4, -0.2) is 19.3 Å². The van der Waals surface area contributed by atoms with Gasteiger partial charge in [0.1, 0.15) is 0 Å². The third kappa shape index (κ3) is 8.97. The summed E-state index contributed by atoms with van der Waals surface area (Å²) >= 11 is 0. The lowest BCUT2D eigenvalue weighted by molar-refractivity contribution is 0.185. The van der Waals surface area contributed by atoms with Crippen LogP contribution in [0.2, 0.25) is 0 Å². The third-order valence-electron chi connectivity index (χ3n) is 3.96. The lowest BCUT2D eigenvalue weighted by atomic mass is 9.97. The second kappa shape index (κ2) is 11.6. The first-order chi connectivity index (χ1) is 10.2. The van der Waals surface area contributed by atoms with E-state index in [9.17, 15) is 4.57 Å². The summed E-state index contributed by atoms with van der Waals surface area (Å²) in [6.07, 6.45) is 12.4. The molecular formula is C16H34NO3P. The first-order valence-electron chi connectivity index (χ1n) is 8.87. The molecule has 0 saturated heterocycles. The van der Waals surface area contributed by atoms with Gasteiger partial charge in [-0.2, -0.15) is 0 Å². The van der Waals surface area contributed by atoms with Crippen LogP contribution in [0.15, 0.2) is 0 Å². The summed E-state index contributed by atoms with van der Waals surface area (Å²) in [5, 5.41) is 3.23. The number of hydrogen-bond donors (Lipinski definition) is 1. The molecule has 21 heavy (non-hydrogen) atoms. The van der Waals surface area contributed by atoms with Gasteiger partial charge >= 0.3 is 7.75 Å². The monoisotopic (exact) mass is 319 g/mol. The van der Waals surface area contributed by atoms with E-state index in [4.69, 9.17) is 9.05 Å². The average molecular weight is 319 g/mol. The van der Waals surface area contributed by atoms with Crippen LogP contribution in [-0.2, 0) is 13.6 Å². The Morgan fingerprint density at radius 1 is 0.905 bits per heavy atom. The number of unbranched alkanes of at least 4 members (excludes halogenated alkanes) is 2. The molecule has 4 nitrogen and oxygen atoms in total. The molecule has 0 amide bonds. The summed E-state index contributed by atoms with van der Waals surface area (Å²) in [5.41, 5.74) is 0. The summed E-state index contributed by atoms with van der Waals surface area (Å²) in [6.45, 7) is 5.24. The predicted molar refractivity (Wildman–Crippen MR) is 88.6 cm³/mol. The molecule has 1 saturated carbocycles. The van der Waals surface area contributed by atoms with E-state index in [1.807, 2.05) is 0 Å². The van der Waals surface area contributed by atoms with Crippen LogP contribution in [0, 0.1) is 0 Å². The second-order valence-electron chi connectivity index (χ2n) is 6.04. The van der Waals surface area contributed by atoms with E-state index < -0.39 is 7.75 Å². The average Bonchev–Trinajstić information content (AvgIpc) is 2.42. The van der Waals surface area contributed by atoms with Crippen molar-refractivity contribution in [3.8, 4) is 0 Å². The Kier molecular flexibility index (Phi) is 10.6. The quantitative estimate of drug-likeness (QED) is 0.431. The van der Waals surface area contributed by atoms with Crippen LogP contribution >= 0.6 is 7.75 Å². The fourth-order valence-electron chi connectivity index (χ4n) is 2.58. The van der Waals surface area contributed by atoms with Crippen molar-refractivity contribution >= 4 is 7.75 Å². The smallest absolute Gasteiger partial charge is 0.297 e. The largest absolute Gasteiger partial charge is 0.405 e. The van der Waals surface area contributed by atoms with E-state index in [0.717, 1.165) is 38.5 Å². The second-order valence-corrected chi connectivity index (χ2v) is 7.81. The molecule has 0 atom stereocenters. The van der Waals surface area contributed by atoms with E-state index >= 15 is 0 Å². The molecule has 1 rings (SSSR count). The van der Waals surface area contributed by atoms with Crippen LogP contribution < -0.4 is 5.09 Å². The molecule has 1 aliphatic rings. The minimum Gasteiger partial charge on any atom is -0.297 e. The number of hydrogen-bond acceptors (Lipinski definition) is 3. The van der Waals surface area contributed by atoms with Crippen LogP contribution in [0.5, 0.6) is 0 Å². The fraction of sp³-hybridized carbons (Fsp3) is 1.00. The topological polar surface area (TPSA) is 47.6 Å². The van der Waals surface area contributed by atoms with E-state index in [1.165, 1.54) is 32.1 Å². The van der Waals surface area contributed by atoms with Crippen molar-refractivity contribution < 1.29 is 13.6 Å². The third-order valence-corrected chi connectivity index (χ3v) is 5.69. The normalized spacial score (nSPS) is 18.4. The standard InChI is InChI=1S/C16H34NO3P/c1-3-5-14-19-21(18,20-15-6-4-2)17-16-12-10-8-7-9-11-13-16/h16H,3-15H2,1-2H3,(H,17,18). The summed E-state index contributed by atoms with van der Waals surface area (Å²) in [6, 6.07) is 0.277. The first-order valence-corrected chi connectivity index (χ1v) is 10.4. The van der Waals surface area contributed by atoms with Crippen molar-refractivity contribution in [2.24, 2.45) is 0 Å². The Hall–Kier alpha value is 0.110.